The monoisotopic (exact) mass is 424 g/mol. The highest BCUT2D eigenvalue weighted by atomic mass is 32.1. The Morgan fingerprint density at radius 1 is 1.24 bits per heavy atom. The van der Waals surface area contributed by atoms with Gasteiger partial charge in [-0.25, -0.2) is 9.78 Å². The molecule has 0 aromatic carbocycles. The number of piperazine rings is 1. The molecule has 0 radical (unpaired) electrons. The summed E-state index contributed by atoms with van der Waals surface area (Å²) >= 11 is 1.74. The van der Waals surface area contributed by atoms with Crippen molar-refractivity contribution in [2.24, 2.45) is 4.99 Å². The molecule has 2 rings (SSSR count). The fourth-order valence-electron chi connectivity index (χ4n) is 3.02. The van der Waals surface area contributed by atoms with E-state index in [2.05, 4.69) is 32.4 Å². The Balaban J connectivity index is 1.56. The quantitative estimate of drug-likeness (QED) is 0.396. The fourth-order valence-corrected chi connectivity index (χ4v) is 3.80. The molecule has 1 fully saturated rings. The van der Waals surface area contributed by atoms with E-state index in [4.69, 9.17) is 4.74 Å². The van der Waals surface area contributed by atoms with E-state index in [0.29, 0.717) is 0 Å². The number of aryl methyl sites for hydroxylation is 1. The third-order valence-corrected chi connectivity index (χ3v) is 5.46. The fraction of sp³-hybridized carbons (Fsp3) is 0.750. The summed E-state index contributed by atoms with van der Waals surface area (Å²) in [5, 5.41) is 7.85. The van der Waals surface area contributed by atoms with Crippen molar-refractivity contribution in [1.82, 2.24) is 25.4 Å². The van der Waals surface area contributed by atoms with Gasteiger partial charge in [-0.15, -0.1) is 11.3 Å². The third kappa shape index (κ3) is 8.99. The highest BCUT2D eigenvalue weighted by Gasteiger charge is 2.25. The standard InChI is InChI=1S/C20H36N6O2S/c1-16-15-24-17(29-16)7-9-23-18(21-5)22-8-6-10-25-11-13-26(14-12-25)19(27)28-20(2,3)4/h15H,6-14H2,1-5H3,(H2,21,22,23). The predicted octanol–water partition coefficient (Wildman–Crippen LogP) is 2.10. The van der Waals surface area contributed by atoms with E-state index in [1.165, 1.54) is 4.88 Å². The second-order valence-corrected chi connectivity index (χ2v) is 9.52. The second kappa shape index (κ2) is 11.3. The van der Waals surface area contributed by atoms with Crippen LogP contribution in [0, 0.1) is 6.92 Å². The molecule has 0 bridgehead atoms. The van der Waals surface area contributed by atoms with Gasteiger partial charge in [-0.2, -0.15) is 0 Å². The van der Waals surface area contributed by atoms with Gasteiger partial charge in [0, 0.05) is 63.8 Å². The molecular weight excluding hydrogens is 388 g/mol. The Hall–Kier alpha value is -1.87. The van der Waals surface area contributed by atoms with Crippen LogP contribution in [0.5, 0.6) is 0 Å². The Morgan fingerprint density at radius 2 is 1.93 bits per heavy atom. The van der Waals surface area contributed by atoms with Gasteiger partial charge in [-0.3, -0.25) is 9.89 Å². The van der Waals surface area contributed by atoms with Crippen molar-refractivity contribution in [3.8, 4) is 0 Å². The Morgan fingerprint density at radius 3 is 2.52 bits per heavy atom. The van der Waals surface area contributed by atoms with E-state index in [1.807, 2.05) is 27.0 Å². The lowest BCUT2D eigenvalue weighted by Crippen LogP contribution is -2.50. The summed E-state index contributed by atoms with van der Waals surface area (Å²) in [4.78, 5) is 26.2. The first-order valence-electron chi connectivity index (χ1n) is 10.3. The van der Waals surface area contributed by atoms with Crippen molar-refractivity contribution < 1.29 is 9.53 Å². The summed E-state index contributed by atoms with van der Waals surface area (Å²) in [6, 6.07) is 0. The number of aliphatic imine (C=N–C) groups is 1. The number of aromatic nitrogens is 1. The number of nitrogens with one attached hydrogen (secondary N) is 2. The molecule has 1 amide bonds. The SMILES string of the molecule is CN=C(NCCCN1CCN(C(=O)OC(C)(C)C)CC1)NCCc1ncc(C)s1. The lowest BCUT2D eigenvalue weighted by molar-refractivity contribution is 0.0145. The van der Waals surface area contributed by atoms with Gasteiger partial charge in [-0.1, -0.05) is 0 Å². The number of nitrogens with zero attached hydrogens (tertiary/aromatic N) is 4. The van der Waals surface area contributed by atoms with E-state index in [1.54, 1.807) is 23.3 Å². The molecule has 1 saturated heterocycles. The highest BCUT2D eigenvalue weighted by molar-refractivity contribution is 7.11. The number of guanidine groups is 1. The molecule has 1 aliphatic heterocycles. The Labute approximate surface area is 178 Å². The smallest absolute Gasteiger partial charge is 0.410 e. The van der Waals surface area contributed by atoms with Crippen LogP contribution >= 0.6 is 11.3 Å². The van der Waals surface area contributed by atoms with E-state index >= 15 is 0 Å². The lowest BCUT2D eigenvalue weighted by Gasteiger charge is -2.35. The number of hydrogen-bond acceptors (Lipinski definition) is 6. The first kappa shape index (κ1) is 23.4. The van der Waals surface area contributed by atoms with Crippen LogP contribution in [-0.2, 0) is 11.2 Å². The van der Waals surface area contributed by atoms with Crippen molar-refractivity contribution in [1.29, 1.82) is 0 Å². The molecule has 8 nitrogen and oxygen atoms in total. The minimum absolute atomic E-state index is 0.207. The molecule has 2 N–H and O–H groups in total. The molecule has 164 valence electrons. The minimum atomic E-state index is -0.439. The zero-order valence-corrected chi connectivity index (χ0v) is 19.3. The molecule has 1 aromatic rings. The van der Waals surface area contributed by atoms with Crippen LogP contribution < -0.4 is 10.6 Å². The predicted molar refractivity (Wildman–Crippen MR) is 119 cm³/mol. The summed E-state index contributed by atoms with van der Waals surface area (Å²) < 4.78 is 5.45. The minimum Gasteiger partial charge on any atom is -0.444 e. The zero-order chi connectivity index (χ0) is 21.3. The number of ether oxygens (including phenoxy) is 1. The highest BCUT2D eigenvalue weighted by Crippen LogP contribution is 2.12. The molecule has 0 saturated carbocycles. The first-order valence-corrected chi connectivity index (χ1v) is 11.1. The average molecular weight is 425 g/mol. The summed E-state index contributed by atoms with van der Waals surface area (Å²) in [6.07, 6.45) is 3.64. The van der Waals surface area contributed by atoms with Gasteiger partial charge in [0.25, 0.3) is 0 Å². The van der Waals surface area contributed by atoms with Crippen LogP contribution in [0.3, 0.4) is 0 Å². The van der Waals surface area contributed by atoms with Crippen molar-refractivity contribution in [3.63, 3.8) is 0 Å². The van der Waals surface area contributed by atoms with Gasteiger partial charge >= 0.3 is 6.09 Å². The lowest BCUT2D eigenvalue weighted by atomic mass is 10.2. The number of amides is 1. The van der Waals surface area contributed by atoms with E-state index in [9.17, 15) is 4.79 Å². The molecule has 1 aliphatic rings. The molecule has 0 unspecified atom stereocenters. The molecule has 9 heteroatoms. The molecule has 0 atom stereocenters. The molecule has 0 aliphatic carbocycles. The van der Waals surface area contributed by atoms with Crippen LogP contribution in [0.2, 0.25) is 0 Å². The molecule has 0 spiro atoms. The summed E-state index contributed by atoms with van der Waals surface area (Å²) in [6.45, 7) is 13.7. The number of thiazole rings is 1. The van der Waals surface area contributed by atoms with Crippen LogP contribution in [0.4, 0.5) is 4.79 Å². The maximum Gasteiger partial charge on any atom is 0.410 e. The molecular formula is C20H36N6O2S. The van der Waals surface area contributed by atoms with E-state index in [0.717, 1.165) is 69.6 Å². The third-order valence-electron chi connectivity index (χ3n) is 4.49. The second-order valence-electron chi connectivity index (χ2n) is 8.20. The summed E-state index contributed by atoms with van der Waals surface area (Å²) in [7, 11) is 1.79. The van der Waals surface area contributed by atoms with Crippen LogP contribution in [0.25, 0.3) is 0 Å². The zero-order valence-electron chi connectivity index (χ0n) is 18.5. The van der Waals surface area contributed by atoms with Gasteiger partial charge in [0.05, 0.1) is 5.01 Å². The van der Waals surface area contributed by atoms with Crippen molar-refractivity contribution >= 4 is 23.4 Å². The van der Waals surface area contributed by atoms with Crippen molar-refractivity contribution in [2.45, 2.75) is 46.1 Å². The maximum atomic E-state index is 12.1. The van der Waals surface area contributed by atoms with E-state index in [-0.39, 0.29) is 6.09 Å². The molecule has 29 heavy (non-hydrogen) atoms. The largest absolute Gasteiger partial charge is 0.444 e. The summed E-state index contributed by atoms with van der Waals surface area (Å²) in [5.41, 5.74) is -0.439. The van der Waals surface area contributed by atoms with Crippen molar-refractivity contribution in [2.75, 3.05) is 52.9 Å². The topological polar surface area (TPSA) is 82.1 Å². The average Bonchev–Trinajstić information content (AvgIpc) is 3.08. The first-order chi connectivity index (χ1) is 13.8. The van der Waals surface area contributed by atoms with Gasteiger partial charge in [-0.05, 0) is 40.7 Å². The number of rotatable bonds is 7. The maximum absolute atomic E-state index is 12.1. The Kier molecular flexibility index (Phi) is 9.16. The number of hydrogen-bond donors (Lipinski definition) is 2. The molecule has 2 heterocycles. The number of carbonyl (C=O) groups excluding carboxylic acids is 1. The van der Waals surface area contributed by atoms with Crippen LogP contribution in [-0.4, -0.2) is 85.3 Å². The number of carbonyl (C=O) groups is 1. The van der Waals surface area contributed by atoms with Crippen LogP contribution in [0.1, 0.15) is 37.1 Å². The van der Waals surface area contributed by atoms with Crippen molar-refractivity contribution in [3.05, 3.63) is 16.1 Å². The van der Waals surface area contributed by atoms with E-state index < -0.39 is 5.60 Å². The van der Waals surface area contributed by atoms with Gasteiger partial charge in [0.2, 0.25) is 0 Å². The van der Waals surface area contributed by atoms with Gasteiger partial charge in [0.1, 0.15) is 5.60 Å². The molecule has 1 aromatic heterocycles. The Bertz CT molecular complexity index is 662. The van der Waals surface area contributed by atoms with Gasteiger partial charge in [0.15, 0.2) is 5.96 Å². The van der Waals surface area contributed by atoms with Crippen LogP contribution in [0.15, 0.2) is 11.2 Å². The summed E-state index contributed by atoms with van der Waals surface area (Å²) in [5.74, 6) is 0.827. The van der Waals surface area contributed by atoms with Gasteiger partial charge < -0.3 is 20.3 Å². The normalized spacial score (nSPS) is 16.0.